The van der Waals surface area contributed by atoms with E-state index in [1.54, 1.807) is 32.0 Å². The van der Waals surface area contributed by atoms with Gasteiger partial charge in [0.15, 0.2) is 5.89 Å². The van der Waals surface area contributed by atoms with E-state index in [1.165, 1.54) is 0 Å². The molecule has 0 aliphatic rings. The predicted molar refractivity (Wildman–Crippen MR) is 96.7 cm³/mol. The highest BCUT2D eigenvalue weighted by atomic mass is 32.2. The van der Waals surface area contributed by atoms with Gasteiger partial charge in [0.2, 0.25) is 10.0 Å². The van der Waals surface area contributed by atoms with Gasteiger partial charge in [0.25, 0.3) is 0 Å². The van der Waals surface area contributed by atoms with Crippen molar-refractivity contribution in [3.8, 4) is 11.3 Å². The summed E-state index contributed by atoms with van der Waals surface area (Å²) in [6, 6.07) is 16.6. The Morgan fingerprint density at radius 3 is 2.40 bits per heavy atom. The molecule has 0 aliphatic carbocycles. The molecule has 0 fully saturated rings. The molecule has 0 atom stereocenters. The van der Waals surface area contributed by atoms with Gasteiger partial charge in [-0.1, -0.05) is 48.5 Å². The normalized spacial score (nSPS) is 11.6. The molecule has 5 nitrogen and oxygen atoms in total. The Labute approximate surface area is 147 Å². The number of sulfonamides is 1. The van der Waals surface area contributed by atoms with Gasteiger partial charge in [0, 0.05) is 25.5 Å². The van der Waals surface area contributed by atoms with Crippen molar-refractivity contribution in [1.82, 2.24) is 9.71 Å². The van der Waals surface area contributed by atoms with Gasteiger partial charge in [-0.15, -0.1) is 0 Å². The molecule has 0 saturated carbocycles. The van der Waals surface area contributed by atoms with Crippen molar-refractivity contribution in [3.63, 3.8) is 0 Å². The zero-order valence-corrected chi connectivity index (χ0v) is 15.0. The maximum atomic E-state index is 12.4. The van der Waals surface area contributed by atoms with Crippen molar-refractivity contribution >= 4 is 10.0 Å². The predicted octanol–water partition coefficient (Wildman–Crippen LogP) is 3.48. The molecule has 130 valence electrons. The molecular formula is C19H20N2O3S. The zero-order valence-electron chi connectivity index (χ0n) is 14.2. The summed E-state index contributed by atoms with van der Waals surface area (Å²) in [5.74, 6) is 1.24. The Kier molecular flexibility index (Phi) is 5.01. The number of aryl methyl sites for hydroxylation is 2. The number of hydrogen-bond acceptors (Lipinski definition) is 4. The van der Waals surface area contributed by atoms with Crippen LogP contribution in [-0.4, -0.2) is 19.9 Å². The average Bonchev–Trinajstić information content (AvgIpc) is 2.96. The molecule has 0 unspecified atom stereocenters. The summed E-state index contributed by atoms with van der Waals surface area (Å²) in [6.07, 6.45) is 0.427. The topological polar surface area (TPSA) is 72.2 Å². The largest absolute Gasteiger partial charge is 0.445 e. The fourth-order valence-electron chi connectivity index (χ4n) is 2.69. The fraction of sp³-hybridized carbons (Fsp3) is 0.211. The monoisotopic (exact) mass is 356 g/mol. The molecule has 1 aromatic heterocycles. The smallest absolute Gasteiger partial charge is 0.240 e. The van der Waals surface area contributed by atoms with Crippen molar-refractivity contribution in [1.29, 1.82) is 0 Å². The maximum Gasteiger partial charge on any atom is 0.240 e. The summed E-state index contributed by atoms with van der Waals surface area (Å²) in [4.78, 5) is 4.72. The van der Waals surface area contributed by atoms with Gasteiger partial charge < -0.3 is 4.42 Å². The van der Waals surface area contributed by atoms with Crippen LogP contribution in [0.15, 0.2) is 63.9 Å². The lowest BCUT2D eigenvalue weighted by molar-refractivity contribution is 0.473. The van der Waals surface area contributed by atoms with Gasteiger partial charge in [-0.3, -0.25) is 0 Å². The van der Waals surface area contributed by atoms with Crippen molar-refractivity contribution in [2.75, 3.05) is 6.54 Å². The fourth-order valence-corrected chi connectivity index (χ4v) is 3.97. The number of aromatic nitrogens is 1. The molecule has 1 N–H and O–H groups in total. The van der Waals surface area contributed by atoms with E-state index in [4.69, 9.17) is 4.42 Å². The molecule has 0 radical (unpaired) electrons. The summed E-state index contributed by atoms with van der Waals surface area (Å²) in [6.45, 7) is 3.81. The summed E-state index contributed by atoms with van der Waals surface area (Å²) >= 11 is 0. The van der Waals surface area contributed by atoms with Crippen molar-refractivity contribution < 1.29 is 12.8 Å². The van der Waals surface area contributed by atoms with Crippen LogP contribution in [0.4, 0.5) is 0 Å². The minimum atomic E-state index is -3.54. The van der Waals surface area contributed by atoms with Gasteiger partial charge in [-0.25, -0.2) is 18.1 Å². The van der Waals surface area contributed by atoms with Crippen LogP contribution < -0.4 is 4.72 Å². The third kappa shape index (κ3) is 3.97. The van der Waals surface area contributed by atoms with Crippen LogP contribution in [0.25, 0.3) is 11.3 Å². The van der Waals surface area contributed by atoms with Gasteiger partial charge in [0.05, 0.1) is 4.90 Å². The van der Waals surface area contributed by atoms with E-state index in [0.717, 1.165) is 16.8 Å². The maximum absolute atomic E-state index is 12.4. The molecule has 25 heavy (non-hydrogen) atoms. The molecule has 0 saturated heterocycles. The number of hydrogen-bond donors (Lipinski definition) is 1. The molecule has 0 bridgehead atoms. The van der Waals surface area contributed by atoms with Gasteiger partial charge in [-0.2, -0.15) is 0 Å². The van der Waals surface area contributed by atoms with Crippen LogP contribution in [-0.2, 0) is 16.4 Å². The second-order valence-electron chi connectivity index (χ2n) is 5.78. The third-order valence-electron chi connectivity index (χ3n) is 3.88. The molecule has 2 aromatic carbocycles. The van der Waals surface area contributed by atoms with Crippen LogP contribution in [0, 0.1) is 13.8 Å². The van der Waals surface area contributed by atoms with E-state index in [1.807, 2.05) is 36.4 Å². The van der Waals surface area contributed by atoms with Crippen LogP contribution in [0.3, 0.4) is 0 Å². The molecule has 3 rings (SSSR count). The van der Waals surface area contributed by atoms with E-state index < -0.39 is 10.0 Å². The first-order valence-electron chi connectivity index (χ1n) is 8.04. The Morgan fingerprint density at radius 1 is 1.00 bits per heavy atom. The Bertz CT molecular complexity index is 963. The Balaban J connectivity index is 1.74. The first kappa shape index (κ1) is 17.4. The van der Waals surface area contributed by atoms with Crippen molar-refractivity contribution in [2.24, 2.45) is 0 Å². The second-order valence-corrected chi connectivity index (χ2v) is 7.52. The lowest BCUT2D eigenvalue weighted by Crippen LogP contribution is -2.26. The van der Waals surface area contributed by atoms with Crippen molar-refractivity contribution in [3.05, 3.63) is 71.8 Å². The molecule has 6 heteroatoms. The number of rotatable bonds is 6. The van der Waals surface area contributed by atoms with Crippen molar-refractivity contribution in [2.45, 2.75) is 25.2 Å². The highest BCUT2D eigenvalue weighted by Gasteiger charge is 2.17. The van der Waals surface area contributed by atoms with E-state index in [9.17, 15) is 8.42 Å². The first-order valence-corrected chi connectivity index (χ1v) is 9.53. The molecule has 0 spiro atoms. The molecule has 0 aliphatic heterocycles. The van der Waals surface area contributed by atoms with Crippen LogP contribution >= 0.6 is 0 Å². The summed E-state index contributed by atoms with van der Waals surface area (Å²) in [5, 5.41) is 0. The van der Waals surface area contributed by atoms with Gasteiger partial charge in [-0.05, 0) is 18.6 Å². The lowest BCUT2D eigenvalue weighted by atomic mass is 10.1. The number of nitrogens with one attached hydrogen (secondary N) is 1. The quantitative estimate of drug-likeness (QED) is 0.734. The van der Waals surface area contributed by atoms with Crippen LogP contribution in [0.2, 0.25) is 0 Å². The number of benzene rings is 2. The second kappa shape index (κ2) is 7.21. The minimum absolute atomic E-state index is 0.241. The highest BCUT2D eigenvalue weighted by Crippen LogP contribution is 2.24. The number of nitrogens with zero attached hydrogens (tertiary/aromatic N) is 1. The summed E-state index contributed by atoms with van der Waals surface area (Å²) in [5.41, 5.74) is 2.43. The minimum Gasteiger partial charge on any atom is -0.445 e. The van der Waals surface area contributed by atoms with E-state index >= 15 is 0 Å². The number of oxazole rings is 1. The molecule has 1 heterocycles. The van der Waals surface area contributed by atoms with E-state index in [-0.39, 0.29) is 6.54 Å². The summed E-state index contributed by atoms with van der Waals surface area (Å²) < 4.78 is 33.2. The molecule has 0 amide bonds. The molecular weight excluding hydrogens is 336 g/mol. The standard InChI is InChI=1S/C19H20N2O3S/c1-14-8-6-7-11-18(14)25(22,23)20-13-12-17-19(21-15(2)24-17)16-9-4-3-5-10-16/h3-11,20H,12-13H2,1-2H3. The average molecular weight is 356 g/mol. The van der Waals surface area contributed by atoms with E-state index in [2.05, 4.69) is 9.71 Å². The summed E-state index contributed by atoms with van der Waals surface area (Å²) in [7, 11) is -3.54. The SMILES string of the molecule is Cc1nc(-c2ccccc2)c(CCNS(=O)(=O)c2ccccc2C)o1. The lowest BCUT2D eigenvalue weighted by Gasteiger charge is -2.08. The first-order chi connectivity index (χ1) is 12.0. The third-order valence-corrected chi connectivity index (χ3v) is 5.50. The molecule has 3 aromatic rings. The highest BCUT2D eigenvalue weighted by molar-refractivity contribution is 7.89. The zero-order chi connectivity index (χ0) is 17.9. The Morgan fingerprint density at radius 2 is 1.68 bits per heavy atom. The van der Waals surface area contributed by atoms with Gasteiger partial charge in [0.1, 0.15) is 11.5 Å². The van der Waals surface area contributed by atoms with Gasteiger partial charge >= 0.3 is 0 Å². The Hall–Kier alpha value is -2.44. The van der Waals surface area contributed by atoms with Crippen LogP contribution in [0.5, 0.6) is 0 Å². The van der Waals surface area contributed by atoms with Crippen LogP contribution in [0.1, 0.15) is 17.2 Å². The van der Waals surface area contributed by atoms with E-state index in [0.29, 0.717) is 23.0 Å².